The van der Waals surface area contributed by atoms with Gasteiger partial charge in [-0.3, -0.25) is 0 Å². The summed E-state index contributed by atoms with van der Waals surface area (Å²) >= 11 is 5.12. The number of alkyl halides is 1. The van der Waals surface area contributed by atoms with Crippen molar-refractivity contribution in [2.45, 2.75) is 25.4 Å². The van der Waals surface area contributed by atoms with Crippen LogP contribution < -0.4 is 0 Å². The average Bonchev–Trinajstić information content (AvgIpc) is 2.03. The van der Waals surface area contributed by atoms with Crippen LogP contribution in [0.4, 0.5) is 0 Å². The van der Waals surface area contributed by atoms with Gasteiger partial charge in [0.15, 0.2) is 5.16 Å². The van der Waals surface area contributed by atoms with Crippen molar-refractivity contribution in [1.29, 1.82) is 0 Å². The minimum absolute atomic E-state index is 0.901. The lowest BCUT2D eigenvalue weighted by atomic mass is 10.4. The molecule has 13 heavy (non-hydrogen) atoms. The van der Waals surface area contributed by atoms with Crippen LogP contribution in [0, 0.1) is 13.8 Å². The van der Waals surface area contributed by atoms with E-state index in [0.29, 0.717) is 0 Å². The number of halogens is 1. The normalized spacial score (nSPS) is 10.4. The van der Waals surface area contributed by atoms with Gasteiger partial charge in [-0.05, 0) is 26.3 Å². The molecule has 1 heterocycles. The molecule has 0 atom stereocenters. The van der Waals surface area contributed by atoms with E-state index in [0.717, 1.165) is 34.0 Å². The minimum atomic E-state index is 0.901. The summed E-state index contributed by atoms with van der Waals surface area (Å²) in [7, 11) is 0. The number of aromatic nitrogens is 2. The van der Waals surface area contributed by atoms with Crippen molar-refractivity contribution >= 4 is 27.7 Å². The van der Waals surface area contributed by atoms with Gasteiger partial charge in [0.1, 0.15) is 0 Å². The Balaban J connectivity index is 2.56. The minimum Gasteiger partial charge on any atom is -0.228 e. The van der Waals surface area contributed by atoms with Crippen molar-refractivity contribution in [1.82, 2.24) is 9.97 Å². The fraction of sp³-hybridized carbons (Fsp3) is 0.556. The highest BCUT2D eigenvalue weighted by molar-refractivity contribution is 9.09. The average molecular weight is 261 g/mol. The number of thioether (sulfide) groups is 1. The second-order valence-electron chi connectivity index (χ2n) is 2.82. The Hall–Kier alpha value is -0.0900. The van der Waals surface area contributed by atoms with Crippen LogP contribution in [0.25, 0.3) is 0 Å². The highest BCUT2D eigenvalue weighted by atomic mass is 79.9. The number of rotatable bonds is 4. The molecule has 0 spiro atoms. The lowest BCUT2D eigenvalue weighted by molar-refractivity contribution is 0.900. The summed E-state index contributed by atoms with van der Waals surface area (Å²) in [6.07, 6.45) is 1.15. The van der Waals surface area contributed by atoms with Crippen molar-refractivity contribution in [2.75, 3.05) is 11.1 Å². The van der Waals surface area contributed by atoms with E-state index >= 15 is 0 Å². The molecule has 0 unspecified atom stereocenters. The molecule has 0 aliphatic carbocycles. The number of hydrogen-bond acceptors (Lipinski definition) is 3. The molecule has 0 aliphatic rings. The third-order valence-corrected chi connectivity index (χ3v) is 2.97. The Bertz CT molecular complexity index is 258. The van der Waals surface area contributed by atoms with Gasteiger partial charge < -0.3 is 0 Å². The monoisotopic (exact) mass is 260 g/mol. The van der Waals surface area contributed by atoms with Gasteiger partial charge in [-0.15, -0.1) is 0 Å². The number of nitrogens with zero attached hydrogens (tertiary/aromatic N) is 2. The molecule has 0 bridgehead atoms. The van der Waals surface area contributed by atoms with Gasteiger partial charge in [-0.1, -0.05) is 27.7 Å². The van der Waals surface area contributed by atoms with Gasteiger partial charge in [-0.2, -0.15) is 0 Å². The third kappa shape index (κ3) is 4.09. The van der Waals surface area contributed by atoms with Crippen molar-refractivity contribution in [2.24, 2.45) is 0 Å². The topological polar surface area (TPSA) is 25.8 Å². The summed E-state index contributed by atoms with van der Waals surface area (Å²) in [5, 5.41) is 1.95. The Morgan fingerprint density at radius 3 is 2.46 bits per heavy atom. The first kappa shape index (κ1) is 11.0. The maximum Gasteiger partial charge on any atom is 0.187 e. The Kier molecular flexibility index (Phi) is 4.73. The Labute approximate surface area is 91.7 Å². The fourth-order valence-corrected chi connectivity index (χ4v) is 2.52. The van der Waals surface area contributed by atoms with Crippen LogP contribution in [0.3, 0.4) is 0 Å². The van der Waals surface area contributed by atoms with Gasteiger partial charge in [-0.25, -0.2) is 9.97 Å². The summed E-state index contributed by atoms with van der Waals surface area (Å²) in [5.74, 6) is 1.08. The van der Waals surface area contributed by atoms with Crippen LogP contribution in [0.1, 0.15) is 17.8 Å². The van der Waals surface area contributed by atoms with Crippen LogP contribution in [0.15, 0.2) is 11.2 Å². The molecule has 0 aliphatic heterocycles. The molecule has 2 nitrogen and oxygen atoms in total. The molecule has 1 aromatic rings. The van der Waals surface area contributed by atoms with Crippen molar-refractivity contribution in [3.05, 3.63) is 17.5 Å². The van der Waals surface area contributed by atoms with Gasteiger partial charge in [0.2, 0.25) is 0 Å². The fourth-order valence-electron chi connectivity index (χ4n) is 0.976. The molecule has 72 valence electrons. The SMILES string of the molecule is Cc1cc(C)nc(SCCCBr)n1. The van der Waals surface area contributed by atoms with E-state index in [-0.39, 0.29) is 0 Å². The van der Waals surface area contributed by atoms with Crippen LogP contribution in [0.5, 0.6) is 0 Å². The maximum atomic E-state index is 4.34. The van der Waals surface area contributed by atoms with Gasteiger partial charge in [0, 0.05) is 22.5 Å². The molecule has 0 fully saturated rings. The lowest BCUT2D eigenvalue weighted by Crippen LogP contribution is -1.93. The van der Waals surface area contributed by atoms with Gasteiger partial charge >= 0.3 is 0 Å². The molecule has 0 saturated carbocycles. The van der Waals surface area contributed by atoms with E-state index in [9.17, 15) is 0 Å². The van der Waals surface area contributed by atoms with E-state index in [2.05, 4.69) is 25.9 Å². The molecule has 0 aromatic carbocycles. The summed E-state index contributed by atoms with van der Waals surface area (Å²) in [6.45, 7) is 4.01. The molecule has 0 saturated heterocycles. The first-order valence-electron chi connectivity index (χ1n) is 4.23. The van der Waals surface area contributed by atoms with Gasteiger partial charge in [0.05, 0.1) is 0 Å². The highest BCUT2D eigenvalue weighted by Gasteiger charge is 1.99. The molecule has 0 radical (unpaired) electrons. The predicted molar refractivity (Wildman–Crippen MR) is 60.6 cm³/mol. The lowest BCUT2D eigenvalue weighted by Gasteiger charge is -2.01. The summed E-state index contributed by atoms with van der Waals surface area (Å²) in [6, 6.07) is 1.99. The highest BCUT2D eigenvalue weighted by Crippen LogP contribution is 2.15. The van der Waals surface area contributed by atoms with Crippen LogP contribution in [-0.4, -0.2) is 21.1 Å². The van der Waals surface area contributed by atoms with Crippen molar-refractivity contribution in [3.8, 4) is 0 Å². The van der Waals surface area contributed by atoms with Crippen LogP contribution >= 0.6 is 27.7 Å². The third-order valence-electron chi connectivity index (χ3n) is 1.47. The molecular weight excluding hydrogens is 248 g/mol. The van der Waals surface area contributed by atoms with E-state index < -0.39 is 0 Å². The van der Waals surface area contributed by atoms with Crippen LogP contribution in [-0.2, 0) is 0 Å². The van der Waals surface area contributed by atoms with Crippen molar-refractivity contribution < 1.29 is 0 Å². The standard InChI is InChI=1S/C9H13BrN2S/c1-7-6-8(2)12-9(11-7)13-5-3-4-10/h6H,3-5H2,1-2H3. The molecule has 1 rings (SSSR count). The first-order valence-corrected chi connectivity index (χ1v) is 6.34. The summed E-state index contributed by atoms with van der Waals surface area (Å²) in [4.78, 5) is 8.68. The zero-order valence-electron chi connectivity index (χ0n) is 7.88. The largest absolute Gasteiger partial charge is 0.228 e. The zero-order chi connectivity index (χ0) is 9.68. The number of hydrogen-bond donors (Lipinski definition) is 0. The maximum absolute atomic E-state index is 4.34. The predicted octanol–water partition coefficient (Wildman–Crippen LogP) is 2.97. The molecular formula is C9H13BrN2S. The smallest absolute Gasteiger partial charge is 0.187 e. The zero-order valence-corrected chi connectivity index (χ0v) is 10.3. The van der Waals surface area contributed by atoms with E-state index in [1.165, 1.54) is 0 Å². The first-order chi connectivity index (χ1) is 6.22. The van der Waals surface area contributed by atoms with E-state index in [1.807, 2.05) is 19.9 Å². The summed E-state index contributed by atoms with van der Waals surface area (Å²) < 4.78 is 0. The Morgan fingerprint density at radius 2 is 1.92 bits per heavy atom. The van der Waals surface area contributed by atoms with E-state index in [4.69, 9.17) is 0 Å². The summed E-state index contributed by atoms with van der Waals surface area (Å²) in [5.41, 5.74) is 2.10. The second kappa shape index (κ2) is 5.60. The number of aryl methyl sites for hydroxylation is 2. The van der Waals surface area contributed by atoms with Crippen molar-refractivity contribution in [3.63, 3.8) is 0 Å². The van der Waals surface area contributed by atoms with Gasteiger partial charge in [0.25, 0.3) is 0 Å². The van der Waals surface area contributed by atoms with E-state index in [1.54, 1.807) is 11.8 Å². The molecule has 0 N–H and O–H groups in total. The van der Waals surface area contributed by atoms with Crippen LogP contribution in [0.2, 0.25) is 0 Å². The molecule has 1 aromatic heterocycles. The molecule has 0 amide bonds. The Morgan fingerprint density at radius 1 is 1.31 bits per heavy atom. The molecule has 4 heteroatoms. The quantitative estimate of drug-likeness (QED) is 0.360. The second-order valence-corrected chi connectivity index (χ2v) is 4.68.